The molecule has 4 nitrogen and oxygen atoms in total. The molecular weight excluding hydrogens is 374 g/mol. The Bertz CT molecular complexity index is 1260. The molecule has 0 bridgehead atoms. The molecule has 28 heavy (non-hydrogen) atoms. The number of benzene rings is 3. The SMILES string of the molecule is Cc1c(Cl)cccc1NC(=O)c1cccc(-c2cc3ccccc3oc2=O)c1. The molecule has 1 aromatic heterocycles. The van der Waals surface area contributed by atoms with Crippen LogP contribution in [0.25, 0.3) is 22.1 Å². The summed E-state index contributed by atoms with van der Waals surface area (Å²) < 4.78 is 5.40. The second-order valence-electron chi connectivity index (χ2n) is 6.43. The van der Waals surface area contributed by atoms with Crippen molar-refractivity contribution in [1.29, 1.82) is 0 Å². The maximum atomic E-state index is 12.7. The molecule has 0 aliphatic heterocycles. The molecule has 3 aromatic carbocycles. The number of hydrogen-bond acceptors (Lipinski definition) is 3. The molecule has 0 saturated heterocycles. The Kier molecular flexibility index (Phi) is 4.72. The maximum Gasteiger partial charge on any atom is 0.344 e. The third-order valence-corrected chi connectivity index (χ3v) is 5.00. The molecule has 0 atom stereocenters. The van der Waals surface area contributed by atoms with Crippen LogP contribution in [0.15, 0.2) is 82.0 Å². The van der Waals surface area contributed by atoms with E-state index in [2.05, 4.69) is 5.32 Å². The summed E-state index contributed by atoms with van der Waals surface area (Å²) in [5, 5.41) is 4.27. The summed E-state index contributed by atoms with van der Waals surface area (Å²) in [5.41, 5.74) is 2.99. The summed E-state index contributed by atoms with van der Waals surface area (Å²) in [6, 6.07) is 21.3. The first-order valence-electron chi connectivity index (χ1n) is 8.73. The minimum Gasteiger partial charge on any atom is -0.422 e. The molecular formula is C23H16ClNO3. The van der Waals surface area contributed by atoms with Gasteiger partial charge in [-0.25, -0.2) is 4.79 Å². The zero-order chi connectivity index (χ0) is 19.7. The highest BCUT2D eigenvalue weighted by Crippen LogP contribution is 2.25. The topological polar surface area (TPSA) is 59.3 Å². The third-order valence-electron chi connectivity index (χ3n) is 4.59. The van der Waals surface area contributed by atoms with Gasteiger partial charge in [-0.3, -0.25) is 4.79 Å². The van der Waals surface area contributed by atoms with Crippen LogP contribution in [-0.2, 0) is 0 Å². The number of carbonyl (C=O) groups excluding carboxylic acids is 1. The van der Waals surface area contributed by atoms with Gasteiger partial charge in [0.15, 0.2) is 0 Å². The molecule has 4 rings (SSSR count). The van der Waals surface area contributed by atoms with Gasteiger partial charge in [0.25, 0.3) is 5.91 Å². The number of fused-ring (bicyclic) bond motifs is 1. The maximum absolute atomic E-state index is 12.7. The Labute approximate surface area is 166 Å². The number of hydrogen-bond donors (Lipinski definition) is 1. The van der Waals surface area contributed by atoms with Crippen LogP contribution in [0.5, 0.6) is 0 Å². The Morgan fingerprint density at radius 1 is 0.964 bits per heavy atom. The van der Waals surface area contributed by atoms with Crippen molar-refractivity contribution in [2.45, 2.75) is 6.92 Å². The van der Waals surface area contributed by atoms with E-state index in [0.29, 0.717) is 33.0 Å². The van der Waals surface area contributed by atoms with E-state index in [-0.39, 0.29) is 5.91 Å². The van der Waals surface area contributed by atoms with Gasteiger partial charge < -0.3 is 9.73 Å². The van der Waals surface area contributed by atoms with Gasteiger partial charge in [-0.2, -0.15) is 0 Å². The second-order valence-corrected chi connectivity index (χ2v) is 6.84. The number of halogens is 1. The summed E-state index contributed by atoms with van der Waals surface area (Å²) >= 11 is 6.12. The Morgan fingerprint density at radius 2 is 1.75 bits per heavy atom. The Morgan fingerprint density at radius 3 is 2.61 bits per heavy atom. The van der Waals surface area contributed by atoms with Gasteiger partial charge in [-0.15, -0.1) is 0 Å². The predicted octanol–water partition coefficient (Wildman–Crippen LogP) is 5.67. The molecule has 0 fully saturated rings. The van der Waals surface area contributed by atoms with Crippen LogP contribution in [0.3, 0.4) is 0 Å². The molecule has 0 aliphatic carbocycles. The number of amides is 1. The fourth-order valence-corrected chi connectivity index (χ4v) is 3.20. The molecule has 5 heteroatoms. The molecule has 0 spiro atoms. The first-order valence-corrected chi connectivity index (χ1v) is 9.10. The number of rotatable bonds is 3. The van der Waals surface area contributed by atoms with E-state index < -0.39 is 5.63 Å². The first-order chi connectivity index (χ1) is 13.5. The molecule has 4 aromatic rings. The minimum atomic E-state index is -0.443. The van der Waals surface area contributed by atoms with E-state index in [0.717, 1.165) is 10.9 Å². The van der Waals surface area contributed by atoms with Crippen LogP contribution >= 0.6 is 11.6 Å². The van der Waals surface area contributed by atoms with E-state index in [9.17, 15) is 9.59 Å². The van der Waals surface area contributed by atoms with Crippen molar-refractivity contribution in [3.05, 3.63) is 99.4 Å². The fourth-order valence-electron chi connectivity index (χ4n) is 3.03. The van der Waals surface area contributed by atoms with Crippen molar-refractivity contribution in [1.82, 2.24) is 0 Å². The van der Waals surface area contributed by atoms with Gasteiger partial charge >= 0.3 is 5.63 Å². The van der Waals surface area contributed by atoms with Crippen LogP contribution in [0.1, 0.15) is 15.9 Å². The molecule has 1 amide bonds. The normalized spacial score (nSPS) is 10.8. The molecule has 138 valence electrons. The lowest BCUT2D eigenvalue weighted by Crippen LogP contribution is -2.13. The van der Waals surface area contributed by atoms with Gasteiger partial charge in [0.2, 0.25) is 0 Å². The van der Waals surface area contributed by atoms with Crippen molar-refractivity contribution in [3.63, 3.8) is 0 Å². The summed E-state index contributed by atoms with van der Waals surface area (Å²) in [6.07, 6.45) is 0. The molecule has 0 radical (unpaired) electrons. The number of para-hydroxylation sites is 1. The molecule has 0 saturated carbocycles. The number of nitrogens with one attached hydrogen (secondary N) is 1. The lowest BCUT2D eigenvalue weighted by Gasteiger charge is -2.10. The average Bonchev–Trinajstić information content (AvgIpc) is 2.71. The molecule has 0 aliphatic rings. The zero-order valence-corrected chi connectivity index (χ0v) is 15.8. The van der Waals surface area contributed by atoms with E-state index >= 15 is 0 Å². The number of carbonyl (C=O) groups is 1. The van der Waals surface area contributed by atoms with Crippen molar-refractivity contribution in [2.75, 3.05) is 5.32 Å². The zero-order valence-electron chi connectivity index (χ0n) is 15.0. The summed E-state index contributed by atoms with van der Waals surface area (Å²) in [5.74, 6) is -0.280. The van der Waals surface area contributed by atoms with Crippen LogP contribution in [0.2, 0.25) is 5.02 Å². The van der Waals surface area contributed by atoms with Gasteiger partial charge in [-0.05, 0) is 54.4 Å². The second kappa shape index (κ2) is 7.33. The predicted molar refractivity (Wildman–Crippen MR) is 112 cm³/mol. The van der Waals surface area contributed by atoms with Gasteiger partial charge in [0.05, 0.1) is 5.56 Å². The standard InChI is InChI=1S/C23H16ClNO3/c1-14-19(24)9-5-10-20(14)25-22(26)17-8-4-7-15(12-17)18-13-16-6-2-3-11-21(16)28-23(18)27/h2-13H,1H3,(H,25,26). The highest BCUT2D eigenvalue weighted by Gasteiger charge is 2.13. The fraction of sp³-hybridized carbons (Fsp3) is 0.0435. The van der Waals surface area contributed by atoms with Crippen LogP contribution in [-0.4, -0.2) is 5.91 Å². The summed E-state index contributed by atoms with van der Waals surface area (Å²) in [7, 11) is 0. The van der Waals surface area contributed by atoms with Crippen molar-refractivity contribution in [2.24, 2.45) is 0 Å². The Balaban J connectivity index is 1.70. The van der Waals surface area contributed by atoms with Crippen molar-refractivity contribution in [3.8, 4) is 11.1 Å². The largest absolute Gasteiger partial charge is 0.422 e. The quantitative estimate of drug-likeness (QED) is 0.459. The molecule has 0 unspecified atom stereocenters. The van der Waals surface area contributed by atoms with E-state index in [4.69, 9.17) is 16.0 Å². The van der Waals surface area contributed by atoms with Crippen LogP contribution < -0.4 is 10.9 Å². The molecule has 1 heterocycles. The van der Waals surface area contributed by atoms with Gasteiger partial charge in [-0.1, -0.05) is 48.0 Å². The highest BCUT2D eigenvalue weighted by molar-refractivity contribution is 6.31. The summed E-state index contributed by atoms with van der Waals surface area (Å²) in [6.45, 7) is 1.84. The monoisotopic (exact) mass is 389 g/mol. The average molecular weight is 390 g/mol. The first kappa shape index (κ1) is 18.0. The van der Waals surface area contributed by atoms with E-state index in [1.807, 2.05) is 25.1 Å². The van der Waals surface area contributed by atoms with Crippen LogP contribution in [0.4, 0.5) is 5.69 Å². The van der Waals surface area contributed by atoms with E-state index in [1.165, 1.54) is 0 Å². The van der Waals surface area contributed by atoms with E-state index in [1.54, 1.807) is 54.6 Å². The third kappa shape index (κ3) is 3.42. The number of anilines is 1. The summed E-state index contributed by atoms with van der Waals surface area (Å²) in [4.78, 5) is 25.1. The highest BCUT2D eigenvalue weighted by atomic mass is 35.5. The lowest BCUT2D eigenvalue weighted by atomic mass is 10.0. The lowest BCUT2D eigenvalue weighted by molar-refractivity contribution is 0.102. The van der Waals surface area contributed by atoms with Gasteiger partial charge in [0, 0.05) is 21.7 Å². The van der Waals surface area contributed by atoms with Crippen molar-refractivity contribution < 1.29 is 9.21 Å². The Hall–Kier alpha value is -3.37. The van der Waals surface area contributed by atoms with Gasteiger partial charge in [0.1, 0.15) is 5.58 Å². The molecule has 1 N–H and O–H groups in total. The minimum absolute atomic E-state index is 0.280. The van der Waals surface area contributed by atoms with Crippen molar-refractivity contribution >= 4 is 34.2 Å². The smallest absolute Gasteiger partial charge is 0.344 e. The van der Waals surface area contributed by atoms with Crippen LogP contribution in [0, 0.1) is 6.92 Å².